The summed E-state index contributed by atoms with van der Waals surface area (Å²) in [5, 5.41) is 9.47. The fourth-order valence-corrected chi connectivity index (χ4v) is 3.81. The summed E-state index contributed by atoms with van der Waals surface area (Å²) >= 11 is 6.67. The van der Waals surface area contributed by atoms with E-state index in [1.165, 1.54) is 7.11 Å². The Morgan fingerprint density at radius 2 is 2.00 bits per heavy atom. The van der Waals surface area contributed by atoms with Gasteiger partial charge < -0.3 is 19.9 Å². The van der Waals surface area contributed by atoms with Gasteiger partial charge in [-0.15, -0.1) is 0 Å². The molecule has 1 aromatic rings. The third-order valence-electron chi connectivity index (χ3n) is 3.49. The number of nitrogens with zero attached hydrogens (tertiary/aromatic N) is 1. The van der Waals surface area contributed by atoms with E-state index in [9.17, 15) is 14.9 Å². The Kier molecular flexibility index (Phi) is 5.51. The molecule has 0 saturated carbocycles. The topological polar surface area (TPSA) is 112 Å². The van der Waals surface area contributed by atoms with Crippen molar-refractivity contribution in [3.63, 3.8) is 0 Å². The van der Waals surface area contributed by atoms with Gasteiger partial charge in [0.25, 0.3) is 0 Å². The van der Waals surface area contributed by atoms with Crippen molar-refractivity contribution >= 4 is 43.8 Å². The lowest BCUT2D eigenvalue weighted by atomic mass is 9.79. The number of fused-ring (bicyclic) bond motifs is 1. The number of methoxy groups -OCH3 is 2. The van der Waals surface area contributed by atoms with Crippen LogP contribution in [-0.4, -0.2) is 26.2 Å². The number of nitriles is 1. The lowest BCUT2D eigenvalue weighted by Gasteiger charge is -2.30. The fraction of sp³-hybridized carbons (Fsp3) is 0.267. The second kappa shape index (κ2) is 7.23. The van der Waals surface area contributed by atoms with Crippen LogP contribution in [0.25, 0.3) is 0 Å². The number of hydrogen-bond acceptors (Lipinski definition) is 7. The minimum atomic E-state index is -1.30. The first-order valence-corrected chi connectivity index (χ1v) is 8.16. The Labute approximate surface area is 154 Å². The Balaban J connectivity index is 2.76. The largest absolute Gasteiger partial charge is 0.468 e. The third-order valence-corrected chi connectivity index (χ3v) is 4.54. The van der Waals surface area contributed by atoms with Crippen LogP contribution in [0.4, 0.5) is 0 Å². The van der Waals surface area contributed by atoms with E-state index in [-0.39, 0.29) is 11.5 Å². The molecule has 24 heavy (non-hydrogen) atoms. The molecular weight excluding hydrogens is 448 g/mol. The molecule has 7 nitrogen and oxygen atoms in total. The first kappa shape index (κ1) is 18.3. The molecule has 0 aromatic heterocycles. The first-order chi connectivity index (χ1) is 11.3. The Morgan fingerprint density at radius 3 is 2.54 bits per heavy atom. The highest BCUT2D eigenvalue weighted by atomic mass is 79.9. The number of halogens is 2. The van der Waals surface area contributed by atoms with Gasteiger partial charge in [-0.05, 0) is 28.1 Å². The standard InChI is InChI=1S/C15H12Br2N2O5/c1-22-14(20)8(5-18)10-7-3-6(16)4-9(17)12(7)24-13(19)11(10)15(21)23-2/h3-4,8,10H,19H2,1-2H3/t8-,10-/m1/s1. The van der Waals surface area contributed by atoms with Gasteiger partial charge in [-0.25, -0.2) is 4.79 Å². The second-order valence-electron chi connectivity index (χ2n) is 4.79. The van der Waals surface area contributed by atoms with Crippen LogP contribution in [0, 0.1) is 17.2 Å². The summed E-state index contributed by atoms with van der Waals surface area (Å²) in [4.78, 5) is 24.2. The monoisotopic (exact) mass is 458 g/mol. The third kappa shape index (κ3) is 3.12. The van der Waals surface area contributed by atoms with Gasteiger partial charge in [-0.1, -0.05) is 15.9 Å². The first-order valence-electron chi connectivity index (χ1n) is 6.57. The van der Waals surface area contributed by atoms with Crippen molar-refractivity contribution in [1.82, 2.24) is 0 Å². The molecule has 1 heterocycles. The maximum atomic E-state index is 12.2. The van der Waals surface area contributed by atoms with Gasteiger partial charge in [0.2, 0.25) is 5.88 Å². The molecule has 2 rings (SSSR count). The zero-order valence-corrected chi connectivity index (χ0v) is 15.8. The van der Waals surface area contributed by atoms with E-state index < -0.39 is 23.8 Å². The maximum Gasteiger partial charge on any atom is 0.339 e. The molecule has 0 fully saturated rings. The molecular formula is C15H12Br2N2O5. The van der Waals surface area contributed by atoms with Crippen LogP contribution < -0.4 is 10.5 Å². The Morgan fingerprint density at radius 1 is 1.33 bits per heavy atom. The smallest absolute Gasteiger partial charge is 0.339 e. The number of ether oxygens (including phenoxy) is 3. The number of hydrogen-bond donors (Lipinski definition) is 1. The zero-order valence-electron chi connectivity index (χ0n) is 12.6. The van der Waals surface area contributed by atoms with Gasteiger partial charge >= 0.3 is 11.9 Å². The summed E-state index contributed by atoms with van der Waals surface area (Å²) < 4.78 is 16.1. The quantitative estimate of drug-likeness (QED) is 0.690. The van der Waals surface area contributed by atoms with Crippen molar-refractivity contribution < 1.29 is 23.8 Å². The predicted molar refractivity (Wildman–Crippen MR) is 89.6 cm³/mol. The number of rotatable bonds is 3. The van der Waals surface area contributed by atoms with E-state index in [2.05, 4.69) is 36.6 Å². The summed E-state index contributed by atoms with van der Waals surface area (Å²) in [5.74, 6) is -3.79. The molecule has 2 atom stereocenters. The molecule has 0 radical (unpaired) electrons. The summed E-state index contributed by atoms with van der Waals surface area (Å²) in [6, 6.07) is 5.23. The van der Waals surface area contributed by atoms with E-state index in [1.807, 2.05) is 6.07 Å². The number of esters is 2. The molecule has 1 aliphatic rings. The van der Waals surface area contributed by atoms with Crippen molar-refractivity contribution in [3.05, 3.63) is 38.1 Å². The minimum Gasteiger partial charge on any atom is -0.468 e. The molecule has 0 aliphatic carbocycles. The molecule has 1 aromatic carbocycles. The average Bonchev–Trinajstić information content (AvgIpc) is 2.55. The van der Waals surface area contributed by atoms with E-state index >= 15 is 0 Å². The lowest BCUT2D eigenvalue weighted by Crippen LogP contribution is -2.33. The normalized spacial score (nSPS) is 17.2. The molecule has 0 bridgehead atoms. The summed E-state index contributed by atoms with van der Waals surface area (Å²) in [5.41, 5.74) is 6.19. The lowest BCUT2D eigenvalue weighted by molar-refractivity contribution is -0.144. The van der Waals surface area contributed by atoms with Crippen LogP contribution in [0.3, 0.4) is 0 Å². The number of carbonyl (C=O) groups is 2. The SMILES string of the molecule is COC(=O)C1=C(N)Oc2c(Br)cc(Br)cc2[C@@H]1[C@@H](C#N)C(=O)OC. The Bertz CT molecular complexity index is 785. The number of nitrogens with two attached hydrogens (primary N) is 1. The van der Waals surface area contributed by atoms with E-state index in [0.717, 1.165) is 7.11 Å². The summed E-state index contributed by atoms with van der Waals surface area (Å²) in [7, 11) is 2.33. The molecule has 0 saturated heterocycles. The van der Waals surface area contributed by atoms with Gasteiger partial charge in [0.15, 0.2) is 5.92 Å². The highest BCUT2D eigenvalue weighted by molar-refractivity contribution is 9.11. The van der Waals surface area contributed by atoms with E-state index in [1.54, 1.807) is 12.1 Å². The predicted octanol–water partition coefficient (Wildman–Crippen LogP) is 2.34. The Hall–Kier alpha value is -2.05. The van der Waals surface area contributed by atoms with Crippen molar-refractivity contribution in [2.24, 2.45) is 11.7 Å². The van der Waals surface area contributed by atoms with Crippen LogP contribution in [0.15, 0.2) is 32.5 Å². The highest BCUT2D eigenvalue weighted by Gasteiger charge is 2.43. The zero-order chi connectivity index (χ0) is 18.0. The van der Waals surface area contributed by atoms with E-state index in [0.29, 0.717) is 20.3 Å². The molecule has 0 amide bonds. The number of benzene rings is 1. The fourth-order valence-electron chi connectivity index (χ4n) is 2.47. The van der Waals surface area contributed by atoms with Gasteiger partial charge in [0.1, 0.15) is 11.3 Å². The molecule has 0 spiro atoms. The van der Waals surface area contributed by atoms with Gasteiger partial charge in [0, 0.05) is 10.0 Å². The molecule has 0 unspecified atom stereocenters. The molecule has 1 aliphatic heterocycles. The van der Waals surface area contributed by atoms with Crippen molar-refractivity contribution in [2.45, 2.75) is 5.92 Å². The second-order valence-corrected chi connectivity index (χ2v) is 6.56. The van der Waals surface area contributed by atoms with Crippen molar-refractivity contribution in [1.29, 1.82) is 5.26 Å². The van der Waals surface area contributed by atoms with Crippen LogP contribution >= 0.6 is 31.9 Å². The average molecular weight is 460 g/mol. The van der Waals surface area contributed by atoms with Crippen LogP contribution in [0.5, 0.6) is 5.75 Å². The van der Waals surface area contributed by atoms with Crippen LogP contribution in [0.1, 0.15) is 11.5 Å². The van der Waals surface area contributed by atoms with Gasteiger partial charge in [-0.2, -0.15) is 5.26 Å². The highest BCUT2D eigenvalue weighted by Crippen LogP contribution is 2.47. The van der Waals surface area contributed by atoms with Gasteiger partial charge in [-0.3, -0.25) is 4.79 Å². The van der Waals surface area contributed by atoms with Crippen LogP contribution in [-0.2, 0) is 19.1 Å². The summed E-state index contributed by atoms with van der Waals surface area (Å²) in [6.07, 6.45) is 0. The van der Waals surface area contributed by atoms with Crippen molar-refractivity contribution in [3.8, 4) is 11.8 Å². The maximum absolute atomic E-state index is 12.2. The molecule has 2 N–H and O–H groups in total. The minimum absolute atomic E-state index is 0.105. The number of carbonyl (C=O) groups excluding carboxylic acids is 2. The molecule has 9 heteroatoms. The summed E-state index contributed by atoms with van der Waals surface area (Å²) in [6.45, 7) is 0. The van der Waals surface area contributed by atoms with Crippen LogP contribution in [0.2, 0.25) is 0 Å². The van der Waals surface area contributed by atoms with E-state index in [4.69, 9.17) is 15.2 Å². The van der Waals surface area contributed by atoms with Crippen molar-refractivity contribution in [2.75, 3.05) is 14.2 Å². The molecule has 126 valence electrons. The van der Waals surface area contributed by atoms with Gasteiger partial charge in [0.05, 0.1) is 30.7 Å².